The number of nitrogens with zero attached hydrogens (tertiary/aromatic N) is 1. The third kappa shape index (κ3) is 2.55. The van der Waals surface area contributed by atoms with Crippen LogP contribution in [0.5, 0.6) is 0 Å². The molecule has 0 bridgehead atoms. The van der Waals surface area contributed by atoms with Gasteiger partial charge in [-0.15, -0.1) is 0 Å². The zero-order valence-corrected chi connectivity index (χ0v) is 13.2. The Hall–Kier alpha value is -1.39. The van der Waals surface area contributed by atoms with Gasteiger partial charge in [0.05, 0.1) is 0 Å². The van der Waals surface area contributed by atoms with Gasteiger partial charge in [-0.05, 0) is 49.9 Å². The van der Waals surface area contributed by atoms with Crippen molar-refractivity contribution in [1.82, 2.24) is 4.90 Å². The van der Waals surface area contributed by atoms with Crippen molar-refractivity contribution in [2.24, 2.45) is 5.92 Å². The van der Waals surface area contributed by atoms with Crippen LogP contribution in [0.3, 0.4) is 0 Å². The Bertz CT molecular complexity index is 553. The first kappa shape index (κ1) is 15.5. The van der Waals surface area contributed by atoms with Gasteiger partial charge < -0.3 is 15.1 Å². The van der Waals surface area contributed by atoms with E-state index < -0.39 is 11.6 Å². The van der Waals surface area contributed by atoms with E-state index in [1.807, 2.05) is 31.3 Å². The van der Waals surface area contributed by atoms with E-state index in [1.165, 1.54) is 12.8 Å². The van der Waals surface area contributed by atoms with Gasteiger partial charge >= 0.3 is 5.97 Å². The number of carbonyl (C=O) groups is 1. The summed E-state index contributed by atoms with van der Waals surface area (Å²) < 4.78 is 0. The van der Waals surface area contributed by atoms with Gasteiger partial charge in [0, 0.05) is 12.5 Å². The van der Waals surface area contributed by atoms with Crippen molar-refractivity contribution in [3.63, 3.8) is 0 Å². The molecule has 1 aromatic rings. The summed E-state index contributed by atoms with van der Waals surface area (Å²) in [4.78, 5) is 14.1. The Morgan fingerprint density at radius 1 is 1.23 bits per heavy atom. The molecule has 1 saturated heterocycles. The summed E-state index contributed by atoms with van der Waals surface area (Å²) in [5.41, 5.74) is -0.113. The largest absolute Gasteiger partial charge is 0.479 e. The number of rotatable bonds is 4. The number of aliphatic hydroxyl groups is 1. The molecule has 0 spiro atoms. The first-order valence-electron chi connectivity index (χ1n) is 8.27. The number of aliphatic carboxylic acids is 1. The Labute approximate surface area is 131 Å². The summed E-state index contributed by atoms with van der Waals surface area (Å²) >= 11 is 0. The lowest BCUT2D eigenvalue weighted by Crippen LogP contribution is -2.45. The van der Waals surface area contributed by atoms with Gasteiger partial charge in [-0.25, -0.2) is 4.79 Å². The molecule has 2 fully saturated rings. The van der Waals surface area contributed by atoms with Crippen LogP contribution in [0.1, 0.15) is 49.1 Å². The Morgan fingerprint density at radius 2 is 1.91 bits per heavy atom. The van der Waals surface area contributed by atoms with Crippen molar-refractivity contribution in [1.29, 1.82) is 0 Å². The molecule has 120 valence electrons. The second kappa shape index (κ2) is 6.01. The van der Waals surface area contributed by atoms with Crippen molar-refractivity contribution in [2.75, 3.05) is 20.1 Å². The van der Waals surface area contributed by atoms with Gasteiger partial charge in [-0.2, -0.15) is 0 Å². The van der Waals surface area contributed by atoms with Gasteiger partial charge in [0.25, 0.3) is 0 Å². The van der Waals surface area contributed by atoms with Crippen molar-refractivity contribution in [2.45, 2.75) is 43.6 Å². The van der Waals surface area contributed by atoms with Crippen LogP contribution in [0.15, 0.2) is 24.3 Å². The number of hydrogen-bond acceptors (Lipinski definition) is 3. The number of carboxylic acids is 1. The molecule has 1 aliphatic heterocycles. The van der Waals surface area contributed by atoms with Gasteiger partial charge in [0.1, 0.15) is 0 Å². The topological polar surface area (TPSA) is 60.8 Å². The molecule has 0 radical (unpaired) electrons. The number of hydrogen-bond donors (Lipinski definition) is 2. The van der Waals surface area contributed by atoms with E-state index in [4.69, 9.17) is 0 Å². The highest BCUT2D eigenvalue weighted by atomic mass is 16.4. The molecule has 1 aliphatic carbocycles. The van der Waals surface area contributed by atoms with E-state index in [0.717, 1.165) is 31.4 Å². The molecular formula is C18H25NO3. The van der Waals surface area contributed by atoms with Crippen molar-refractivity contribution in [3.05, 3.63) is 35.4 Å². The first-order chi connectivity index (χ1) is 10.5. The standard InChI is InChI=1S/C18H25NO3/c1-19-11-10-14(12-19)18(22,17(20)21)16-9-5-4-8-15(16)13-6-2-3-7-13/h4-5,8-9,13-14,22H,2-3,6-7,10-12H2,1H3,(H,20,21)/t14?,18-/m1/s1. The summed E-state index contributed by atoms with van der Waals surface area (Å²) in [5.74, 6) is -0.975. The molecule has 1 heterocycles. The number of benzene rings is 1. The second-order valence-electron chi connectivity index (χ2n) is 6.89. The minimum Gasteiger partial charge on any atom is -0.479 e. The van der Waals surface area contributed by atoms with Crippen molar-refractivity contribution in [3.8, 4) is 0 Å². The van der Waals surface area contributed by atoms with Gasteiger partial charge in [-0.1, -0.05) is 37.1 Å². The monoisotopic (exact) mass is 303 g/mol. The summed E-state index contributed by atoms with van der Waals surface area (Å²) in [6.45, 7) is 1.47. The van der Waals surface area contributed by atoms with Crippen molar-refractivity contribution >= 4 is 5.97 Å². The molecule has 1 aromatic carbocycles. The molecule has 0 aromatic heterocycles. The Kier molecular flexibility index (Phi) is 4.24. The Balaban J connectivity index is 2.03. The maximum Gasteiger partial charge on any atom is 0.340 e. The highest BCUT2D eigenvalue weighted by molar-refractivity contribution is 5.80. The fourth-order valence-electron chi connectivity index (χ4n) is 4.22. The highest BCUT2D eigenvalue weighted by Crippen LogP contribution is 2.43. The van der Waals surface area contributed by atoms with Crippen molar-refractivity contribution < 1.29 is 15.0 Å². The predicted octanol–water partition coefficient (Wildman–Crippen LogP) is 2.57. The van der Waals surface area contributed by atoms with E-state index in [-0.39, 0.29) is 5.92 Å². The lowest BCUT2D eigenvalue weighted by atomic mass is 9.76. The lowest BCUT2D eigenvalue weighted by Gasteiger charge is -2.33. The molecule has 4 nitrogen and oxygen atoms in total. The minimum atomic E-state index is -1.77. The normalized spacial score (nSPS) is 26.2. The average molecular weight is 303 g/mol. The quantitative estimate of drug-likeness (QED) is 0.897. The third-order valence-corrected chi connectivity index (χ3v) is 5.47. The van der Waals surface area contributed by atoms with Crippen LogP contribution < -0.4 is 0 Å². The fourth-order valence-corrected chi connectivity index (χ4v) is 4.22. The summed E-state index contributed by atoms with van der Waals surface area (Å²) in [5, 5.41) is 21.0. The zero-order chi connectivity index (χ0) is 15.7. The summed E-state index contributed by atoms with van der Waals surface area (Å²) in [6, 6.07) is 7.64. The first-order valence-corrected chi connectivity index (χ1v) is 8.27. The third-order valence-electron chi connectivity index (χ3n) is 5.47. The van der Waals surface area contributed by atoms with Crippen LogP contribution in [0.4, 0.5) is 0 Å². The van der Waals surface area contributed by atoms with Crippen LogP contribution >= 0.6 is 0 Å². The molecule has 1 unspecified atom stereocenters. The molecular weight excluding hydrogens is 278 g/mol. The van der Waals surface area contributed by atoms with Gasteiger partial charge in [0.2, 0.25) is 0 Å². The molecule has 22 heavy (non-hydrogen) atoms. The van der Waals surface area contributed by atoms with Crippen LogP contribution in [0.25, 0.3) is 0 Å². The van der Waals surface area contributed by atoms with Crippen LogP contribution in [0, 0.1) is 5.92 Å². The number of carboxylic acid groups (broad SMARTS) is 1. The number of likely N-dealkylation sites (tertiary alicyclic amines) is 1. The van der Waals surface area contributed by atoms with E-state index in [2.05, 4.69) is 4.90 Å². The highest BCUT2D eigenvalue weighted by Gasteiger charge is 2.49. The van der Waals surface area contributed by atoms with E-state index in [9.17, 15) is 15.0 Å². The van der Waals surface area contributed by atoms with E-state index >= 15 is 0 Å². The molecule has 2 aliphatic rings. The molecule has 2 N–H and O–H groups in total. The SMILES string of the molecule is CN1CCC([C@](O)(C(=O)O)c2ccccc2C2CCCC2)C1. The predicted molar refractivity (Wildman–Crippen MR) is 84.8 cm³/mol. The zero-order valence-electron chi connectivity index (χ0n) is 13.2. The van der Waals surface area contributed by atoms with E-state index in [0.29, 0.717) is 18.0 Å². The second-order valence-corrected chi connectivity index (χ2v) is 6.89. The molecule has 1 saturated carbocycles. The molecule has 4 heteroatoms. The van der Waals surface area contributed by atoms with Gasteiger partial charge in [-0.3, -0.25) is 0 Å². The minimum absolute atomic E-state index is 0.252. The van der Waals surface area contributed by atoms with Crippen LogP contribution in [0.2, 0.25) is 0 Å². The molecule has 0 amide bonds. The van der Waals surface area contributed by atoms with E-state index in [1.54, 1.807) is 0 Å². The Morgan fingerprint density at radius 3 is 2.50 bits per heavy atom. The van der Waals surface area contributed by atoms with Crippen LogP contribution in [-0.2, 0) is 10.4 Å². The fraction of sp³-hybridized carbons (Fsp3) is 0.611. The van der Waals surface area contributed by atoms with Crippen LogP contribution in [-0.4, -0.2) is 41.2 Å². The maximum absolute atomic E-state index is 12.0. The summed E-state index contributed by atoms with van der Waals surface area (Å²) in [6.07, 6.45) is 5.29. The smallest absolute Gasteiger partial charge is 0.340 e. The maximum atomic E-state index is 12.0. The molecule has 3 rings (SSSR count). The van der Waals surface area contributed by atoms with Gasteiger partial charge in [0.15, 0.2) is 5.60 Å². The summed E-state index contributed by atoms with van der Waals surface area (Å²) in [7, 11) is 1.98. The lowest BCUT2D eigenvalue weighted by molar-refractivity contribution is -0.166. The average Bonchev–Trinajstić information content (AvgIpc) is 3.17. The molecule has 2 atom stereocenters.